The summed E-state index contributed by atoms with van der Waals surface area (Å²) in [4.78, 5) is 0. The molecule has 0 aliphatic rings. The molecule has 72 valence electrons. The summed E-state index contributed by atoms with van der Waals surface area (Å²) < 4.78 is 37.1. The van der Waals surface area contributed by atoms with Crippen molar-refractivity contribution >= 4 is 27.5 Å². The van der Waals surface area contributed by atoms with E-state index in [1.165, 1.54) is 19.1 Å². The third-order valence-corrected chi connectivity index (χ3v) is 2.38. The molecule has 0 unspecified atom stereocenters. The molecule has 0 spiro atoms. The van der Waals surface area contributed by atoms with Crippen LogP contribution in [-0.2, 0) is 6.18 Å². The van der Waals surface area contributed by atoms with Gasteiger partial charge in [-0.2, -0.15) is 13.2 Å². The molecule has 0 atom stereocenters. The van der Waals surface area contributed by atoms with E-state index in [2.05, 4.69) is 15.9 Å². The molecule has 0 aromatic heterocycles. The van der Waals surface area contributed by atoms with Gasteiger partial charge in [-0.1, -0.05) is 27.5 Å². The van der Waals surface area contributed by atoms with Crippen LogP contribution in [0.25, 0.3) is 0 Å². The van der Waals surface area contributed by atoms with Gasteiger partial charge in [0.1, 0.15) is 0 Å². The first-order valence-electron chi connectivity index (χ1n) is 3.35. The lowest BCUT2D eigenvalue weighted by Crippen LogP contribution is -2.08. The molecule has 0 heterocycles. The van der Waals surface area contributed by atoms with Crippen molar-refractivity contribution in [1.82, 2.24) is 0 Å². The van der Waals surface area contributed by atoms with E-state index in [0.717, 1.165) is 0 Å². The Bertz CT molecular complexity index is 310. The van der Waals surface area contributed by atoms with Crippen LogP contribution in [0, 0.1) is 6.92 Å². The number of hydrogen-bond acceptors (Lipinski definition) is 0. The Hall–Kier alpha value is -0.220. The molecule has 0 aliphatic carbocycles. The summed E-state index contributed by atoms with van der Waals surface area (Å²) >= 11 is 8.40. The van der Waals surface area contributed by atoms with Gasteiger partial charge in [-0.05, 0) is 24.6 Å². The molecule has 0 saturated carbocycles. The van der Waals surface area contributed by atoms with E-state index < -0.39 is 11.7 Å². The quantitative estimate of drug-likeness (QED) is 0.656. The topological polar surface area (TPSA) is 0 Å². The van der Waals surface area contributed by atoms with Crippen LogP contribution in [0.5, 0.6) is 0 Å². The van der Waals surface area contributed by atoms with Crippen molar-refractivity contribution in [3.8, 4) is 0 Å². The highest BCUT2D eigenvalue weighted by molar-refractivity contribution is 9.10. The maximum absolute atomic E-state index is 12.4. The fourth-order valence-corrected chi connectivity index (χ4v) is 2.25. The van der Waals surface area contributed by atoms with E-state index in [1.807, 2.05) is 0 Å². The molecule has 13 heavy (non-hydrogen) atoms. The third kappa shape index (κ3) is 2.38. The predicted octanol–water partition coefficient (Wildman–Crippen LogP) is 4.43. The van der Waals surface area contributed by atoms with E-state index in [-0.39, 0.29) is 15.1 Å². The highest BCUT2D eigenvalue weighted by Gasteiger charge is 2.34. The van der Waals surface area contributed by atoms with E-state index in [1.54, 1.807) is 0 Å². The fraction of sp³-hybridized carbons (Fsp3) is 0.250. The van der Waals surface area contributed by atoms with Crippen molar-refractivity contribution < 1.29 is 13.2 Å². The van der Waals surface area contributed by atoms with Crippen molar-refractivity contribution in [3.05, 3.63) is 32.8 Å². The largest absolute Gasteiger partial charge is 0.417 e. The van der Waals surface area contributed by atoms with E-state index in [4.69, 9.17) is 11.6 Å². The van der Waals surface area contributed by atoms with Gasteiger partial charge >= 0.3 is 6.18 Å². The normalized spacial score (nSPS) is 11.8. The zero-order valence-electron chi connectivity index (χ0n) is 6.54. The van der Waals surface area contributed by atoms with E-state index in [0.29, 0.717) is 0 Å². The average molecular weight is 273 g/mol. The molecule has 0 radical (unpaired) electrons. The lowest BCUT2D eigenvalue weighted by atomic mass is 10.1. The zero-order chi connectivity index (χ0) is 10.2. The van der Waals surface area contributed by atoms with Crippen molar-refractivity contribution in [2.24, 2.45) is 0 Å². The minimum absolute atomic E-state index is 0.0231. The number of benzene rings is 1. The monoisotopic (exact) mass is 272 g/mol. The Morgan fingerprint density at radius 3 is 2.23 bits per heavy atom. The highest BCUT2D eigenvalue weighted by Crippen LogP contribution is 2.38. The molecule has 0 amide bonds. The van der Waals surface area contributed by atoms with Crippen LogP contribution < -0.4 is 0 Å². The number of hydrogen-bond donors (Lipinski definition) is 0. The number of halogens is 5. The minimum atomic E-state index is -4.34. The second-order valence-electron chi connectivity index (χ2n) is 2.58. The maximum Gasteiger partial charge on any atom is 0.417 e. The fourth-order valence-electron chi connectivity index (χ4n) is 1.06. The van der Waals surface area contributed by atoms with Crippen LogP contribution in [0.3, 0.4) is 0 Å². The van der Waals surface area contributed by atoms with Crippen LogP contribution in [0.15, 0.2) is 16.6 Å². The second kappa shape index (κ2) is 3.50. The summed E-state index contributed by atoms with van der Waals surface area (Å²) in [6, 6.07) is 2.52. The van der Waals surface area contributed by atoms with Crippen molar-refractivity contribution in [2.45, 2.75) is 13.1 Å². The average Bonchev–Trinajstić information content (AvgIpc) is 1.78. The van der Waals surface area contributed by atoms with E-state index >= 15 is 0 Å². The molecule has 0 N–H and O–H groups in total. The Balaban J connectivity index is 3.38. The zero-order valence-corrected chi connectivity index (χ0v) is 8.89. The van der Waals surface area contributed by atoms with Gasteiger partial charge in [0, 0.05) is 9.50 Å². The maximum atomic E-state index is 12.4. The lowest BCUT2D eigenvalue weighted by Gasteiger charge is -2.12. The molecule has 0 nitrogen and oxygen atoms in total. The number of aryl methyl sites for hydroxylation is 1. The first-order valence-corrected chi connectivity index (χ1v) is 4.52. The standard InChI is InChI=1S/C8H5BrClF3/c1-4-2-5(10)3-6(9)7(4)8(11,12)13/h2-3H,1H3. The predicted molar refractivity (Wildman–Crippen MR) is 48.9 cm³/mol. The second-order valence-corrected chi connectivity index (χ2v) is 3.87. The molecule has 5 heteroatoms. The van der Waals surface area contributed by atoms with Crippen molar-refractivity contribution in [1.29, 1.82) is 0 Å². The molecule has 1 aromatic rings. The molecule has 0 fully saturated rings. The summed E-state index contributed by atoms with van der Waals surface area (Å²) in [6.07, 6.45) is -4.34. The Labute approximate surface area is 86.8 Å². The van der Waals surface area contributed by atoms with Gasteiger partial charge < -0.3 is 0 Å². The van der Waals surface area contributed by atoms with Gasteiger partial charge in [0.2, 0.25) is 0 Å². The van der Waals surface area contributed by atoms with Crippen molar-refractivity contribution in [3.63, 3.8) is 0 Å². The molecular formula is C8H5BrClF3. The Kier molecular flexibility index (Phi) is 2.92. The SMILES string of the molecule is Cc1cc(Cl)cc(Br)c1C(F)(F)F. The summed E-state index contributed by atoms with van der Waals surface area (Å²) in [5.41, 5.74) is -0.552. The van der Waals surface area contributed by atoms with Gasteiger partial charge in [0.05, 0.1) is 5.56 Å². The Morgan fingerprint density at radius 2 is 1.85 bits per heavy atom. The van der Waals surface area contributed by atoms with Crippen LogP contribution in [-0.4, -0.2) is 0 Å². The number of rotatable bonds is 0. The van der Waals surface area contributed by atoms with Gasteiger partial charge in [-0.15, -0.1) is 0 Å². The van der Waals surface area contributed by atoms with Crippen LogP contribution in [0.4, 0.5) is 13.2 Å². The van der Waals surface area contributed by atoms with Crippen LogP contribution in [0.1, 0.15) is 11.1 Å². The molecule has 0 saturated heterocycles. The molecule has 0 aliphatic heterocycles. The first kappa shape index (κ1) is 10.9. The molecule has 1 rings (SSSR count). The molecule has 0 bridgehead atoms. The minimum Gasteiger partial charge on any atom is -0.166 e. The number of alkyl halides is 3. The molecular weight excluding hydrogens is 268 g/mol. The first-order chi connectivity index (χ1) is 5.82. The van der Waals surface area contributed by atoms with Crippen LogP contribution >= 0.6 is 27.5 Å². The molecule has 1 aromatic carbocycles. The summed E-state index contributed by atoms with van der Waals surface area (Å²) in [7, 11) is 0. The van der Waals surface area contributed by atoms with Crippen molar-refractivity contribution in [2.75, 3.05) is 0 Å². The summed E-state index contributed by atoms with van der Waals surface area (Å²) in [5, 5.41) is 0.289. The van der Waals surface area contributed by atoms with Gasteiger partial charge in [0.15, 0.2) is 0 Å². The van der Waals surface area contributed by atoms with Gasteiger partial charge in [-0.25, -0.2) is 0 Å². The smallest absolute Gasteiger partial charge is 0.166 e. The van der Waals surface area contributed by atoms with Gasteiger partial charge in [-0.3, -0.25) is 0 Å². The lowest BCUT2D eigenvalue weighted by molar-refractivity contribution is -0.138. The van der Waals surface area contributed by atoms with Gasteiger partial charge in [0.25, 0.3) is 0 Å². The summed E-state index contributed by atoms with van der Waals surface area (Å²) in [6.45, 7) is 1.37. The highest BCUT2D eigenvalue weighted by atomic mass is 79.9. The van der Waals surface area contributed by atoms with Crippen LogP contribution in [0.2, 0.25) is 5.02 Å². The summed E-state index contributed by atoms with van der Waals surface area (Å²) in [5.74, 6) is 0. The third-order valence-electron chi connectivity index (χ3n) is 1.54. The Morgan fingerprint density at radius 1 is 1.31 bits per heavy atom. The van der Waals surface area contributed by atoms with E-state index in [9.17, 15) is 13.2 Å².